The predicted octanol–water partition coefficient (Wildman–Crippen LogP) is 3.02. The highest BCUT2D eigenvalue weighted by Gasteiger charge is 2.31. The highest BCUT2D eigenvalue weighted by Crippen LogP contribution is 2.40. The van der Waals surface area contributed by atoms with Crippen LogP contribution in [-0.2, 0) is 0 Å². The number of thioether (sulfide) groups is 1. The molecule has 1 aromatic carbocycles. The summed E-state index contributed by atoms with van der Waals surface area (Å²) in [4.78, 5) is 7.41. The summed E-state index contributed by atoms with van der Waals surface area (Å²) in [6.45, 7) is 4.21. The fraction of sp³-hybridized carbons (Fsp3) is 0.471. The fourth-order valence-electron chi connectivity index (χ4n) is 3.33. The first-order valence-corrected chi connectivity index (χ1v) is 9.45. The standard InChI is InChI=1S/C17H19N5S/c1-11-2-5-14-13(10-11)16-20-19-15(12-3-4-12)22(16)17(18-14)21-6-8-23-9-7-21/h2,5,10,12H,3-4,6-9H2,1H3. The summed E-state index contributed by atoms with van der Waals surface area (Å²) in [5.74, 6) is 5.02. The molecule has 1 saturated carbocycles. The van der Waals surface area contributed by atoms with Gasteiger partial charge in [-0.25, -0.2) is 9.38 Å². The maximum absolute atomic E-state index is 5.01. The summed E-state index contributed by atoms with van der Waals surface area (Å²) in [5.41, 5.74) is 3.22. The molecule has 2 aromatic heterocycles. The van der Waals surface area contributed by atoms with Crippen LogP contribution < -0.4 is 4.90 Å². The number of aromatic nitrogens is 4. The second kappa shape index (κ2) is 5.09. The van der Waals surface area contributed by atoms with Crippen molar-refractivity contribution in [3.63, 3.8) is 0 Å². The van der Waals surface area contributed by atoms with Crippen molar-refractivity contribution in [3.8, 4) is 0 Å². The van der Waals surface area contributed by atoms with Gasteiger partial charge in [-0.1, -0.05) is 11.6 Å². The van der Waals surface area contributed by atoms with Crippen molar-refractivity contribution < 1.29 is 0 Å². The minimum Gasteiger partial charge on any atom is -0.340 e. The third kappa shape index (κ3) is 2.19. The van der Waals surface area contributed by atoms with Crippen molar-refractivity contribution in [1.82, 2.24) is 19.6 Å². The Morgan fingerprint density at radius 1 is 1.13 bits per heavy atom. The van der Waals surface area contributed by atoms with Crippen LogP contribution in [0.4, 0.5) is 5.95 Å². The SMILES string of the molecule is Cc1ccc2nc(N3CCSCC3)n3c(C4CC4)nnc3c2c1. The van der Waals surface area contributed by atoms with Gasteiger partial charge in [0, 0.05) is 35.9 Å². The van der Waals surface area contributed by atoms with E-state index >= 15 is 0 Å². The topological polar surface area (TPSA) is 46.3 Å². The van der Waals surface area contributed by atoms with E-state index in [0.717, 1.165) is 52.9 Å². The quantitative estimate of drug-likeness (QED) is 0.725. The molecule has 1 aliphatic heterocycles. The molecular formula is C17H19N5S. The van der Waals surface area contributed by atoms with E-state index in [1.54, 1.807) is 0 Å². The van der Waals surface area contributed by atoms with Crippen LogP contribution in [0.2, 0.25) is 0 Å². The highest BCUT2D eigenvalue weighted by molar-refractivity contribution is 7.99. The van der Waals surface area contributed by atoms with Crippen LogP contribution in [0.3, 0.4) is 0 Å². The first-order chi connectivity index (χ1) is 11.3. The van der Waals surface area contributed by atoms with Gasteiger partial charge in [-0.15, -0.1) is 10.2 Å². The number of fused-ring (bicyclic) bond motifs is 3. The Morgan fingerprint density at radius 3 is 2.74 bits per heavy atom. The molecule has 1 saturated heterocycles. The Balaban J connectivity index is 1.82. The van der Waals surface area contributed by atoms with Crippen molar-refractivity contribution in [2.45, 2.75) is 25.7 Å². The molecule has 0 bridgehead atoms. The third-order valence-corrected chi connectivity index (χ3v) is 5.68. The minimum absolute atomic E-state index is 0.562. The minimum atomic E-state index is 0.562. The van der Waals surface area contributed by atoms with Crippen molar-refractivity contribution in [1.29, 1.82) is 0 Å². The lowest BCUT2D eigenvalue weighted by Crippen LogP contribution is -2.34. The maximum atomic E-state index is 5.01. The Kier molecular flexibility index (Phi) is 3.01. The molecular weight excluding hydrogens is 306 g/mol. The van der Waals surface area contributed by atoms with E-state index in [1.807, 2.05) is 11.8 Å². The molecule has 5 nitrogen and oxygen atoms in total. The lowest BCUT2D eigenvalue weighted by atomic mass is 10.1. The summed E-state index contributed by atoms with van der Waals surface area (Å²) >= 11 is 2.02. The number of nitrogens with zero attached hydrogens (tertiary/aromatic N) is 5. The largest absolute Gasteiger partial charge is 0.340 e. The number of hydrogen-bond acceptors (Lipinski definition) is 5. The molecule has 0 spiro atoms. The lowest BCUT2D eigenvalue weighted by Gasteiger charge is -2.28. The normalized spacial score (nSPS) is 18.9. The summed E-state index contributed by atoms with van der Waals surface area (Å²) in [6, 6.07) is 6.41. The zero-order chi connectivity index (χ0) is 15.4. The van der Waals surface area contributed by atoms with Crippen LogP contribution in [-0.4, -0.2) is 44.2 Å². The molecule has 0 radical (unpaired) electrons. The first-order valence-electron chi connectivity index (χ1n) is 8.29. The van der Waals surface area contributed by atoms with Crippen molar-refractivity contribution >= 4 is 34.3 Å². The smallest absolute Gasteiger partial charge is 0.213 e. The molecule has 0 atom stereocenters. The van der Waals surface area contributed by atoms with Crippen molar-refractivity contribution in [2.75, 3.05) is 29.5 Å². The second-order valence-corrected chi connectivity index (χ2v) is 7.75. The van der Waals surface area contributed by atoms with E-state index < -0.39 is 0 Å². The number of anilines is 1. The van der Waals surface area contributed by atoms with Gasteiger partial charge in [0.25, 0.3) is 0 Å². The van der Waals surface area contributed by atoms with Gasteiger partial charge in [-0.2, -0.15) is 11.8 Å². The number of aryl methyl sites for hydroxylation is 1. The summed E-state index contributed by atoms with van der Waals surface area (Å²) in [5, 5.41) is 10.2. The van der Waals surface area contributed by atoms with Crippen LogP contribution in [0.1, 0.15) is 30.1 Å². The highest BCUT2D eigenvalue weighted by atomic mass is 32.2. The van der Waals surface area contributed by atoms with Crippen molar-refractivity contribution in [3.05, 3.63) is 29.6 Å². The van der Waals surface area contributed by atoms with Gasteiger partial charge in [0.15, 0.2) is 5.65 Å². The van der Waals surface area contributed by atoms with Gasteiger partial charge in [-0.3, -0.25) is 0 Å². The van der Waals surface area contributed by atoms with Crippen molar-refractivity contribution in [2.24, 2.45) is 0 Å². The van der Waals surface area contributed by atoms with Crippen LogP contribution >= 0.6 is 11.8 Å². The molecule has 23 heavy (non-hydrogen) atoms. The lowest BCUT2D eigenvalue weighted by molar-refractivity contribution is 0.787. The van der Waals surface area contributed by atoms with Gasteiger partial charge in [0.2, 0.25) is 5.95 Å². The number of hydrogen-bond donors (Lipinski definition) is 0. The monoisotopic (exact) mass is 325 g/mol. The molecule has 3 heterocycles. The van der Waals surface area contributed by atoms with E-state index in [-0.39, 0.29) is 0 Å². The Labute approximate surface area is 139 Å². The zero-order valence-corrected chi connectivity index (χ0v) is 14.0. The van der Waals surface area contributed by atoms with Gasteiger partial charge in [0.05, 0.1) is 5.52 Å². The van der Waals surface area contributed by atoms with Crippen LogP contribution in [0.5, 0.6) is 0 Å². The first kappa shape index (κ1) is 13.6. The van der Waals surface area contributed by atoms with Crippen LogP contribution in [0.15, 0.2) is 18.2 Å². The van der Waals surface area contributed by atoms with Gasteiger partial charge in [0.1, 0.15) is 5.82 Å². The second-order valence-electron chi connectivity index (χ2n) is 6.52. The Bertz CT molecular complexity index is 893. The molecule has 0 amide bonds. The van der Waals surface area contributed by atoms with E-state index in [1.165, 1.54) is 18.4 Å². The average Bonchev–Trinajstić information content (AvgIpc) is 3.33. The van der Waals surface area contributed by atoms with E-state index in [4.69, 9.17) is 4.98 Å². The van der Waals surface area contributed by atoms with Crippen LogP contribution in [0, 0.1) is 6.92 Å². The molecule has 0 unspecified atom stereocenters. The maximum Gasteiger partial charge on any atom is 0.213 e. The van der Waals surface area contributed by atoms with Gasteiger partial charge >= 0.3 is 0 Å². The Morgan fingerprint density at radius 2 is 1.96 bits per heavy atom. The molecule has 118 valence electrons. The fourth-order valence-corrected chi connectivity index (χ4v) is 4.24. The molecule has 5 rings (SSSR count). The molecule has 1 aliphatic carbocycles. The Hall–Kier alpha value is -1.82. The molecule has 6 heteroatoms. The van der Waals surface area contributed by atoms with E-state index in [9.17, 15) is 0 Å². The summed E-state index contributed by atoms with van der Waals surface area (Å²) < 4.78 is 2.23. The summed E-state index contributed by atoms with van der Waals surface area (Å²) in [6.07, 6.45) is 2.45. The zero-order valence-electron chi connectivity index (χ0n) is 13.2. The number of rotatable bonds is 2. The third-order valence-electron chi connectivity index (χ3n) is 4.74. The van der Waals surface area contributed by atoms with Crippen LogP contribution in [0.25, 0.3) is 16.6 Å². The van der Waals surface area contributed by atoms with Gasteiger partial charge in [-0.05, 0) is 31.9 Å². The van der Waals surface area contributed by atoms with E-state index in [2.05, 4.69) is 44.6 Å². The molecule has 2 aliphatic rings. The molecule has 3 aromatic rings. The average molecular weight is 325 g/mol. The predicted molar refractivity (Wildman–Crippen MR) is 94.5 cm³/mol. The van der Waals surface area contributed by atoms with Gasteiger partial charge < -0.3 is 4.90 Å². The molecule has 2 fully saturated rings. The molecule has 0 N–H and O–H groups in total. The van der Waals surface area contributed by atoms with E-state index in [0.29, 0.717) is 5.92 Å². The summed E-state index contributed by atoms with van der Waals surface area (Å²) in [7, 11) is 0. The number of benzene rings is 1.